The van der Waals surface area contributed by atoms with Gasteiger partial charge in [-0.15, -0.1) is 0 Å². The number of aryl methyl sites for hydroxylation is 2. The summed E-state index contributed by atoms with van der Waals surface area (Å²) in [7, 11) is 2.82. The largest absolute Gasteiger partial charge is 0.469 e. The summed E-state index contributed by atoms with van der Waals surface area (Å²) in [6, 6.07) is 4.28. The van der Waals surface area contributed by atoms with E-state index in [2.05, 4.69) is 84.1 Å². The van der Waals surface area contributed by atoms with Gasteiger partial charge in [-0.2, -0.15) is 0 Å². The molecule has 0 unspecified atom stereocenters. The van der Waals surface area contributed by atoms with Crippen LogP contribution in [0.2, 0.25) is 0 Å². The standard InChI is InChI=1S/C32H36N4O4/c1-17-11-22-14-27-19(3)23(7-9-31(37)39-5)29(35-27)16-30-24(8-10-32(38)40-6)20(4)28(36-30)15-26-18(2)12-21(34-26)13-25(17)33-22/h11-16,33-36H,7-10H2,1-6H3/b21-13?,22-14-,25-13-,26-15?,27-14?,28-15-,29-16?,30-16-. The summed E-state index contributed by atoms with van der Waals surface area (Å²) in [4.78, 5) is 38.4. The molecule has 0 spiro atoms. The van der Waals surface area contributed by atoms with Crippen molar-refractivity contribution >= 4 is 36.2 Å². The third-order valence-electron chi connectivity index (χ3n) is 7.84. The topological polar surface area (TPSA) is 116 Å². The predicted molar refractivity (Wildman–Crippen MR) is 156 cm³/mol. The van der Waals surface area contributed by atoms with Crippen LogP contribution in [-0.4, -0.2) is 46.1 Å². The van der Waals surface area contributed by atoms with Crippen molar-refractivity contribution in [3.8, 4) is 0 Å². The van der Waals surface area contributed by atoms with Crippen molar-refractivity contribution in [1.29, 1.82) is 0 Å². The van der Waals surface area contributed by atoms with Crippen LogP contribution in [0.1, 0.15) is 69.0 Å². The molecule has 8 bridgehead atoms. The first-order valence-corrected chi connectivity index (χ1v) is 13.5. The Morgan fingerprint density at radius 3 is 2.00 bits per heavy atom. The number of rotatable bonds is 6. The van der Waals surface area contributed by atoms with E-state index in [9.17, 15) is 9.59 Å². The molecule has 0 fully saturated rings. The van der Waals surface area contributed by atoms with Crippen LogP contribution in [0.5, 0.6) is 0 Å². The van der Waals surface area contributed by atoms with Crippen molar-refractivity contribution in [1.82, 2.24) is 19.9 Å². The second-order valence-corrected chi connectivity index (χ2v) is 10.5. The average Bonchev–Trinajstić information content (AvgIpc) is 3.62. The minimum atomic E-state index is -0.248. The quantitative estimate of drug-likeness (QED) is 0.247. The van der Waals surface area contributed by atoms with E-state index in [4.69, 9.17) is 9.47 Å². The first kappa shape index (κ1) is 27.1. The number of esters is 2. The van der Waals surface area contributed by atoms with Crippen LogP contribution in [0, 0.1) is 27.7 Å². The Morgan fingerprint density at radius 2 is 1.30 bits per heavy atom. The van der Waals surface area contributed by atoms with Crippen LogP contribution >= 0.6 is 0 Å². The molecule has 0 atom stereocenters. The summed E-state index contributed by atoms with van der Waals surface area (Å²) in [5.74, 6) is -0.495. The summed E-state index contributed by atoms with van der Waals surface area (Å²) < 4.78 is 9.85. The van der Waals surface area contributed by atoms with E-state index < -0.39 is 0 Å². The lowest BCUT2D eigenvalue weighted by atomic mass is 10.0. The first-order chi connectivity index (χ1) is 19.2. The van der Waals surface area contributed by atoms with Crippen molar-refractivity contribution in [2.45, 2.75) is 53.4 Å². The molecule has 0 saturated carbocycles. The number of ether oxygens (including phenoxy) is 2. The zero-order valence-electron chi connectivity index (χ0n) is 23.9. The molecule has 208 valence electrons. The molecule has 40 heavy (non-hydrogen) atoms. The maximum atomic E-state index is 12.1. The van der Waals surface area contributed by atoms with E-state index >= 15 is 0 Å². The highest BCUT2D eigenvalue weighted by atomic mass is 16.5. The Bertz CT molecular complexity index is 1860. The SMILES string of the molecule is COC(=O)CCc1c2[nH]c(c1C)/C=c1/cc(C)/c([nH]1)=C/c1cc(C)c([nH]1)/C=c1\[nH]/c(c(CCC(=O)OC)c1C)=C\2. The summed E-state index contributed by atoms with van der Waals surface area (Å²) in [6.07, 6.45) is 10.1. The second kappa shape index (κ2) is 11.0. The molecule has 5 heterocycles. The molecule has 8 heteroatoms. The number of H-pyrrole nitrogens is 4. The molecule has 0 amide bonds. The van der Waals surface area contributed by atoms with Crippen molar-refractivity contribution in [2.24, 2.45) is 0 Å². The van der Waals surface area contributed by atoms with E-state index in [0.717, 1.165) is 77.6 Å². The number of carbonyl (C=O) groups excluding carboxylic acids is 2. The molecule has 4 N–H and O–H groups in total. The Kier molecular flexibility index (Phi) is 7.43. The van der Waals surface area contributed by atoms with E-state index in [1.165, 1.54) is 14.2 Å². The predicted octanol–water partition coefficient (Wildman–Crippen LogP) is 2.07. The zero-order chi connectivity index (χ0) is 28.6. The first-order valence-electron chi connectivity index (χ1n) is 13.5. The van der Waals surface area contributed by atoms with Crippen LogP contribution in [-0.2, 0) is 31.9 Å². The van der Waals surface area contributed by atoms with Crippen molar-refractivity contribution in [3.05, 3.63) is 89.7 Å². The number of nitrogens with one attached hydrogen (secondary N) is 4. The van der Waals surface area contributed by atoms with Gasteiger partial charge in [0.2, 0.25) is 0 Å². The third-order valence-corrected chi connectivity index (χ3v) is 7.84. The fourth-order valence-electron chi connectivity index (χ4n) is 5.45. The van der Waals surface area contributed by atoms with Crippen LogP contribution in [0.3, 0.4) is 0 Å². The van der Waals surface area contributed by atoms with Gasteiger partial charge in [0.25, 0.3) is 0 Å². The molecule has 0 saturated heterocycles. The minimum absolute atomic E-state index is 0.248. The van der Waals surface area contributed by atoms with Gasteiger partial charge in [-0.3, -0.25) is 9.59 Å². The highest BCUT2D eigenvalue weighted by Gasteiger charge is 2.16. The molecule has 4 aromatic rings. The van der Waals surface area contributed by atoms with Gasteiger partial charge < -0.3 is 29.4 Å². The van der Waals surface area contributed by atoms with Gasteiger partial charge in [0.15, 0.2) is 0 Å². The summed E-state index contributed by atoms with van der Waals surface area (Å²) in [5.41, 5.74) is 10.5. The van der Waals surface area contributed by atoms with Crippen molar-refractivity contribution < 1.29 is 19.1 Å². The summed E-state index contributed by atoms with van der Waals surface area (Å²) in [5, 5.41) is 3.91. The van der Waals surface area contributed by atoms with Gasteiger partial charge in [-0.25, -0.2) is 0 Å². The smallest absolute Gasteiger partial charge is 0.305 e. The number of aromatic amines is 4. The van der Waals surface area contributed by atoms with Crippen LogP contribution in [0.25, 0.3) is 24.3 Å². The van der Waals surface area contributed by atoms with E-state index in [0.29, 0.717) is 12.8 Å². The van der Waals surface area contributed by atoms with Gasteiger partial charge in [-0.05, 0) is 110 Å². The van der Waals surface area contributed by atoms with Crippen LogP contribution < -0.4 is 21.4 Å². The molecule has 1 aliphatic heterocycles. The molecule has 1 aliphatic rings. The number of fused-ring (bicyclic) bond motifs is 8. The molecular formula is C32H36N4O4. The molecule has 5 rings (SSSR count). The lowest BCUT2D eigenvalue weighted by Gasteiger charge is -2.03. The normalized spacial score (nSPS) is 15.6. The number of hydrogen-bond donors (Lipinski definition) is 4. The summed E-state index contributed by atoms with van der Waals surface area (Å²) >= 11 is 0. The Hall–Kier alpha value is -4.46. The van der Waals surface area contributed by atoms with Gasteiger partial charge in [-0.1, -0.05) is 0 Å². The van der Waals surface area contributed by atoms with Crippen molar-refractivity contribution in [2.75, 3.05) is 14.2 Å². The second-order valence-electron chi connectivity index (χ2n) is 10.5. The fourth-order valence-corrected chi connectivity index (χ4v) is 5.45. The van der Waals surface area contributed by atoms with Gasteiger partial charge >= 0.3 is 11.9 Å². The molecule has 0 aromatic carbocycles. The summed E-state index contributed by atoms with van der Waals surface area (Å²) in [6.45, 7) is 8.34. The van der Waals surface area contributed by atoms with E-state index in [1.54, 1.807) is 0 Å². The lowest BCUT2D eigenvalue weighted by molar-refractivity contribution is -0.141. The molecule has 0 aliphatic carbocycles. The third kappa shape index (κ3) is 5.34. The van der Waals surface area contributed by atoms with Crippen LogP contribution in [0.15, 0.2) is 12.1 Å². The maximum absolute atomic E-state index is 12.1. The fraction of sp³-hybridized carbons (Fsp3) is 0.312. The van der Waals surface area contributed by atoms with Gasteiger partial charge in [0.1, 0.15) is 0 Å². The number of methoxy groups -OCH3 is 2. The Labute approximate surface area is 232 Å². The number of aromatic nitrogens is 4. The maximum Gasteiger partial charge on any atom is 0.305 e. The zero-order valence-corrected chi connectivity index (χ0v) is 23.9. The Morgan fingerprint density at radius 1 is 0.625 bits per heavy atom. The number of hydrogen-bond acceptors (Lipinski definition) is 4. The highest BCUT2D eigenvalue weighted by molar-refractivity contribution is 5.71. The Balaban J connectivity index is 1.80. The van der Waals surface area contributed by atoms with Crippen LogP contribution in [0.4, 0.5) is 0 Å². The minimum Gasteiger partial charge on any atom is -0.469 e. The molecule has 4 aromatic heterocycles. The molecule has 8 nitrogen and oxygen atoms in total. The lowest BCUT2D eigenvalue weighted by Crippen LogP contribution is -2.14. The van der Waals surface area contributed by atoms with Crippen molar-refractivity contribution in [3.63, 3.8) is 0 Å². The molecule has 0 radical (unpaired) electrons. The highest BCUT2D eigenvalue weighted by Crippen LogP contribution is 2.22. The van der Waals surface area contributed by atoms with Gasteiger partial charge in [0, 0.05) is 57.0 Å². The molecular weight excluding hydrogens is 504 g/mol. The number of carbonyl (C=O) groups is 2. The van der Waals surface area contributed by atoms with Gasteiger partial charge in [0.05, 0.1) is 14.2 Å². The van der Waals surface area contributed by atoms with E-state index in [-0.39, 0.29) is 24.8 Å². The monoisotopic (exact) mass is 540 g/mol. The van der Waals surface area contributed by atoms with E-state index in [1.807, 2.05) is 0 Å². The average molecular weight is 541 g/mol.